The summed E-state index contributed by atoms with van der Waals surface area (Å²) in [7, 11) is 0. The summed E-state index contributed by atoms with van der Waals surface area (Å²) in [5.74, 6) is 3.33. The lowest BCUT2D eigenvalue weighted by Crippen LogP contribution is -3.59. The minimum absolute atomic E-state index is 0.191. The fourth-order valence-electron chi connectivity index (χ4n) is 1.70. The second kappa shape index (κ2) is 6.06. The molecule has 0 radical (unpaired) electrons. The maximum absolute atomic E-state index is 3.37. The SMILES string of the molecule is Cc1cc(C)c(C#C[I+]c2ccccc2)cc1C. The van der Waals surface area contributed by atoms with E-state index in [1.54, 1.807) is 0 Å². The van der Waals surface area contributed by atoms with Gasteiger partial charge in [-0.3, -0.25) is 0 Å². The first-order valence-corrected chi connectivity index (χ1v) is 8.10. The maximum Gasteiger partial charge on any atom is 0.420 e. The molecule has 0 saturated heterocycles. The molecule has 2 aromatic rings. The van der Waals surface area contributed by atoms with E-state index in [-0.39, 0.29) is 21.2 Å². The van der Waals surface area contributed by atoms with Gasteiger partial charge in [0.2, 0.25) is 3.57 Å². The number of rotatable bonds is 1. The highest BCUT2D eigenvalue weighted by molar-refractivity contribution is 5.45. The minimum atomic E-state index is -0.191. The van der Waals surface area contributed by atoms with Crippen molar-refractivity contribution >= 4 is 0 Å². The summed E-state index contributed by atoms with van der Waals surface area (Å²) in [6.07, 6.45) is 0. The molecule has 2 rings (SSSR count). The van der Waals surface area contributed by atoms with Crippen molar-refractivity contribution in [2.45, 2.75) is 20.8 Å². The van der Waals surface area contributed by atoms with Crippen LogP contribution in [0.25, 0.3) is 0 Å². The van der Waals surface area contributed by atoms with Gasteiger partial charge in [-0.25, -0.2) is 0 Å². The Morgan fingerprint density at radius 2 is 1.50 bits per heavy atom. The first-order valence-electron chi connectivity index (χ1n) is 5.94. The highest BCUT2D eigenvalue weighted by Crippen LogP contribution is 2.13. The van der Waals surface area contributed by atoms with Gasteiger partial charge in [-0.05, 0) is 61.6 Å². The summed E-state index contributed by atoms with van der Waals surface area (Å²) in [5, 5.41) is 0. The summed E-state index contributed by atoms with van der Waals surface area (Å²) in [4.78, 5) is 0. The summed E-state index contributed by atoms with van der Waals surface area (Å²) in [6.45, 7) is 6.43. The second-order valence-electron chi connectivity index (χ2n) is 4.36. The molecule has 0 bridgehead atoms. The van der Waals surface area contributed by atoms with Crippen LogP contribution in [0.2, 0.25) is 0 Å². The fourth-order valence-corrected chi connectivity index (χ4v) is 3.21. The molecule has 0 N–H and O–H groups in total. The Balaban J connectivity index is 2.18. The van der Waals surface area contributed by atoms with Crippen LogP contribution >= 0.6 is 0 Å². The average Bonchev–Trinajstić information content (AvgIpc) is 2.37. The van der Waals surface area contributed by atoms with Crippen LogP contribution in [0.3, 0.4) is 0 Å². The summed E-state index contributed by atoms with van der Waals surface area (Å²) in [5.41, 5.74) is 5.12. The molecule has 0 amide bonds. The molecular formula is C17H16I+. The van der Waals surface area contributed by atoms with Gasteiger partial charge in [0.15, 0.2) is 3.93 Å². The lowest BCUT2D eigenvalue weighted by atomic mass is 10.0. The van der Waals surface area contributed by atoms with Gasteiger partial charge in [-0.1, -0.05) is 24.3 Å². The van der Waals surface area contributed by atoms with Crippen LogP contribution in [0.15, 0.2) is 42.5 Å². The standard InChI is InChI=1S/C17H16I/c1-13-11-15(3)16(12-14(13)2)9-10-18-17-7-5-4-6-8-17/h4-8,11-12H,1-3H3/q+1. The third-order valence-electron chi connectivity index (χ3n) is 2.91. The van der Waals surface area contributed by atoms with Crippen LogP contribution in [0.5, 0.6) is 0 Å². The molecule has 0 aliphatic rings. The highest BCUT2D eigenvalue weighted by Gasteiger charge is 2.07. The molecule has 2 aromatic carbocycles. The summed E-state index contributed by atoms with van der Waals surface area (Å²) in [6, 6.07) is 15.0. The third-order valence-corrected chi connectivity index (χ3v) is 4.79. The average molecular weight is 347 g/mol. The molecule has 0 aliphatic carbocycles. The van der Waals surface area contributed by atoms with Gasteiger partial charge in [0, 0.05) is 5.56 Å². The zero-order valence-corrected chi connectivity index (χ0v) is 13.1. The van der Waals surface area contributed by atoms with Crippen LogP contribution in [-0.2, 0) is 0 Å². The zero-order valence-electron chi connectivity index (χ0n) is 10.9. The Bertz CT molecular complexity index is 601. The Morgan fingerprint density at radius 1 is 0.833 bits per heavy atom. The van der Waals surface area contributed by atoms with E-state index in [2.05, 4.69) is 67.0 Å². The first-order chi connectivity index (χ1) is 8.66. The number of halogens is 1. The number of aryl methyl sites for hydroxylation is 3. The molecule has 0 nitrogen and oxygen atoms in total. The Kier molecular flexibility index (Phi) is 4.43. The molecule has 18 heavy (non-hydrogen) atoms. The minimum Gasteiger partial charge on any atom is -0.0619 e. The third kappa shape index (κ3) is 3.36. The smallest absolute Gasteiger partial charge is 0.0619 e. The summed E-state index contributed by atoms with van der Waals surface area (Å²) < 4.78 is 4.75. The Labute approximate surface area is 120 Å². The topological polar surface area (TPSA) is 0 Å². The quantitative estimate of drug-likeness (QED) is 0.531. The number of hydrogen-bond acceptors (Lipinski definition) is 0. The van der Waals surface area contributed by atoms with Gasteiger partial charge in [0.25, 0.3) is 0 Å². The van der Waals surface area contributed by atoms with Gasteiger partial charge in [0.05, 0.1) is 0 Å². The van der Waals surface area contributed by atoms with Gasteiger partial charge in [0.1, 0.15) is 0 Å². The molecule has 1 heteroatoms. The van der Waals surface area contributed by atoms with E-state index in [0.29, 0.717) is 0 Å². The van der Waals surface area contributed by atoms with Crippen molar-refractivity contribution in [2.24, 2.45) is 0 Å². The van der Waals surface area contributed by atoms with Crippen LogP contribution in [0.4, 0.5) is 0 Å². The predicted octanol–water partition coefficient (Wildman–Crippen LogP) is 0.880. The van der Waals surface area contributed by atoms with Crippen molar-refractivity contribution in [3.8, 4) is 9.85 Å². The highest BCUT2D eigenvalue weighted by atomic mass is 127. The predicted molar refractivity (Wildman–Crippen MR) is 72.7 cm³/mol. The molecule has 0 aliphatic heterocycles. The van der Waals surface area contributed by atoms with E-state index in [1.165, 1.54) is 25.8 Å². The Hall–Kier alpha value is -1.27. The molecular weight excluding hydrogens is 331 g/mol. The van der Waals surface area contributed by atoms with E-state index >= 15 is 0 Å². The van der Waals surface area contributed by atoms with Crippen molar-refractivity contribution in [3.63, 3.8) is 0 Å². The molecule has 0 aromatic heterocycles. The van der Waals surface area contributed by atoms with Gasteiger partial charge < -0.3 is 0 Å². The molecule has 0 heterocycles. The van der Waals surface area contributed by atoms with E-state index in [0.717, 1.165) is 0 Å². The van der Waals surface area contributed by atoms with E-state index in [9.17, 15) is 0 Å². The van der Waals surface area contributed by atoms with Gasteiger partial charge >= 0.3 is 21.2 Å². The van der Waals surface area contributed by atoms with Crippen molar-refractivity contribution in [2.75, 3.05) is 0 Å². The maximum atomic E-state index is 3.37. The first kappa shape index (κ1) is 13.2. The van der Waals surface area contributed by atoms with Crippen molar-refractivity contribution in [3.05, 3.63) is 68.3 Å². The van der Waals surface area contributed by atoms with E-state index in [4.69, 9.17) is 0 Å². The largest absolute Gasteiger partial charge is 0.420 e. The molecule has 0 saturated carbocycles. The van der Waals surface area contributed by atoms with Crippen molar-refractivity contribution in [1.82, 2.24) is 0 Å². The molecule has 0 unspecified atom stereocenters. The zero-order chi connectivity index (χ0) is 13.0. The lowest BCUT2D eigenvalue weighted by Gasteiger charge is -2.03. The monoisotopic (exact) mass is 347 g/mol. The van der Waals surface area contributed by atoms with E-state index in [1.807, 2.05) is 6.07 Å². The molecule has 0 spiro atoms. The van der Waals surface area contributed by atoms with Gasteiger partial charge in [-0.15, -0.1) is 0 Å². The fraction of sp³-hybridized carbons (Fsp3) is 0.176. The molecule has 0 fully saturated rings. The summed E-state index contributed by atoms with van der Waals surface area (Å²) >= 11 is -0.191. The lowest BCUT2D eigenvalue weighted by molar-refractivity contribution is -0.535. The molecule has 90 valence electrons. The van der Waals surface area contributed by atoms with E-state index < -0.39 is 0 Å². The normalized spacial score (nSPS) is 9.72. The van der Waals surface area contributed by atoms with Crippen LogP contribution < -0.4 is 21.2 Å². The van der Waals surface area contributed by atoms with Crippen LogP contribution in [-0.4, -0.2) is 0 Å². The van der Waals surface area contributed by atoms with Crippen molar-refractivity contribution < 1.29 is 21.2 Å². The second-order valence-corrected chi connectivity index (χ2v) is 6.69. The van der Waals surface area contributed by atoms with Gasteiger partial charge in [-0.2, -0.15) is 0 Å². The van der Waals surface area contributed by atoms with Crippen molar-refractivity contribution in [1.29, 1.82) is 0 Å². The number of benzene rings is 2. The molecule has 0 atom stereocenters. The Morgan fingerprint density at radius 3 is 2.22 bits per heavy atom. The van der Waals surface area contributed by atoms with Crippen LogP contribution in [0.1, 0.15) is 22.3 Å². The van der Waals surface area contributed by atoms with Crippen LogP contribution in [0, 0.1) is 34.2 Å². The number of hydrogen-bond donors (Lipinski definition) is 0.